The van der Waals surface area contributed by atoms with E-state index in [4.69, 9.17) is 17.3 Å². The van der Waals surface area contributed by atoms with Crippen LogP contribution in [0.15, 0.2) is 42.6 Å². The second-order valence-electron chi connectivity index (χ2n) is 4.27. The third-order valence-electron chi connectivity index (χ3n) is 3.03. The quantitative estimate of drug-likeness (QED) is 0.893. The fraction of sp³-hybridized carbons (Fsp3) is 0.214. The summed E-state index contributed by atoms with van der Waals surface area (Å²) in [4.78, 5) is 3.96. The molecule has 0 fully saturated rings. The topological polar surface area (TPSA) is 59.1 Å². The van der Waals surface area contributed by atoms with Crippen molar-refractivity contribution in [2.24, 2.45) is 0 Å². The van der Waals surface area contributed by atoms with E-state index in [0.717, 1.165) is 5.56 Å². The van der Waals surface area contributed by atoms with Gasteiger partial charge in [0.2, 0.25) is 0 Å². The Kier molecular flexibility index (Phi) is 3.84. The van der Waals surface area contributed by atoms with Gasteiger partial charge in [0.25, 0.3) is 0 Å². The predicted molar refractivity (Wildman–Crippen MR) is 73.5 cm³/mol. The smallest absolute Gasteiger partial charge is 0.129 e. The first kappa shape index (κ1) is 12.9. The summed E-state index contributed by atoms with van der Waals surface area (Å²) in [5.41, 5.74) is 7.39. The predicted octanol–water partition coefficient (Wildman–Crippen LogP) is 3.15. The molecule has 2 atom stereocenters. The number of anilines is 1. The van der Waals surface area contributed by atoms with Crippen LogP contribution < -0.4 is 5.73 Å². The fourth-order valence-corrected chi connectivity index (χ4v) is 2.08. The van der Waals surface area contributed by atoms with Gasteiger partial charge < -0.3 is 10.8 Å². The monoisotopic (exact) mass is 262 g/mol. The SMILES string of the molecule is CC(c1ccccc1)C(O)c1cc(Cl)cnc1N. The number of nitrogens with zero attached hydrogens (tertiary/aromatic N) is 1. The Balaban J connectivity index is 2.31. The number of pyridine rings is 1. The molecule has 2 unspecified atom stereocenters. The Labute approximate surface area is 111 Å². The standard InChI is InChI=1S/C14H15ClN2O/c1-9(10-5-3-2-4-6-10)13(18)12-7-11(15)8-17-14(12)16/h2-9,13,18H,1H3,(H2,16,17). The molecule has 1 aromatic carbocycles. The molecule has 0 bridgehead atoms. The summed E-state index contributed by atoms with van der Waals surface area (Å²) in [7, 11) is 0. The number of hydrogen-bond donors (Lipinski definition) is 2. The van der Waals surface area contributed by atoms with Gasteiger partial charge in [0.1, 0.15) is 5.82 Å². The van der Waals surface area contributed by atoms with Gasteiger partial charge in [-0.05, 0) is 11.6 Å². The summed E-state index contributed by atoms with van der Waals surface area (Å²) in [5.74, 6) is 0.239. The van der Waals surface area contributed by atoms with Gasteiger partial charge in [-0.3, -0.25) is 0 Å². The Morgan fingerprint density at radius 1 is 1.28 bits per heavy atom. The number of aliphatic hydroxyl groups is 1. The van der Waals surface area contributed by atoms with E-state index in [1.807, 2.05) is 37.3 Å². The van der Waals surface area contributed by atoms with Crippen molar-refractivity contribution in [3.8, 4) is 0 Å². The first-order valence-electron chi connectivity index (χ1n) is 5.73. The number of aromatic nitrogens is 1. The zero-order valence-corrected chi connectivity index (χ0v) is 10.8. The molecule has 0 aliphatic heterocycles. The van der Waals surface area contributed by atoms with E-state index in [1.165, 1.54) is 6.20 Å². The molecule has 3 nitrogen and oxygen atoms in total. The Morgan fingerprint density at radius 2 is 1.94 bits per heavy atom. The van der Waals surface area contributed by atoms with E-state index in [0.29, 0.717) is 16.4 Å². The average molecular weight is 263 g/mol. The van der Waals surface area contributed by atoms with Gasteiger partial charge in [-0.1, -0.05) is 48.9 Å². The Morgan fingerprint density at radius 3 is 2.61 bits per heavy atom. The van der Waals surface area contributed by atoms with Crippen LogP contribution >= 0.6 is 11.6 Å². The van der Waals surface area contributed by atoms with Crippen LogP contribution in [-0.2, 0) is 0 Å². The maximum atomic E-state index is 10.4. The first-order chi connectivity index (χ1) is 8.59. The summed E-state index contributed by atoms with van der Waals surface area (Å²) in [6.07, 6.45) is 0.749. The molecule has 1 heterocycles. The highest BCUT2D eigenvalue weighted by Crippen LogP contribution is 2.33. The van der Waals surface area contributed by atoms with Crippen molar-refractivity contribution in [2.75, 3.05) is 5.73 Å². The molecular formula is C14H15ClN2O. The molecular weight excluding hydrogens is 248 g/mol. The number of nitrogens with two attached hydrogens (primary N) is 1. The lowest BCUT2D eigenvalue weighted by Gasteiger charge is -2.20. The third-order valence-corrected chi connectivity index (χ3v) is 3.24. The molecule has 0 amide bonds. The van der Waals surface area contributed by atoms with Crippen molar-refractivity contribution >= 4 is 17.4 Å². The van der Waals surface area contributed by atoms with Gasteiger partial charge in [0.15, 0.2) is 0 Å². The molecule has 2 aromatic rings. The van der Waals surface area contributed by atoms with Gasteiger partial charge >= 0.3 is 0 Å². The Hall–Kier alpha value is -1.58. The molecule has 2 rings (SSSR count). The highest BCUT2D eigenvalue weighted by molar-refractivity contribution is 6.30. The lowest BCUT2D eigenvalue weighted by Crippen LogP contribution is -2.11. The van der Waals surface area contributed by atoms with Crippen LogP contribution in [0.5, 0.6) is 0 Å². The van der Waals surface area contributed by atoms with E-state index in [1.54, 1.807) is 6.07 Å². The van der Waals surface area contributed by atoms with Crippen LogP contribution in [0, 0.1) is 0 Å². The first-order valence-corrected chi connectivity index (χ1v) is 6.11. The third kappa shape index (κ3) is 2.63. The number of halogens is 1. The van der Waals surface area contributed by atoms with Crippen molar-refractivity contribution in [2.45, 2.75) is 18.9 Å². The molecule has 0 radical (unpaired) electrons. The number of aliphatic hydroxyl groups excluding tert-OH is 1. The van der Waals surface area contributed by atoms with Crippen molar-refractivity contribution in [1.29, 1.82) is 0 Å². The van der Waals surface area contributed by atoms with Crippen LogP contribution in [0.25, 0.3) is 0 Å². The molecule has 18 heavy (non-hydrogen) atoms. The van der Waals surface area contributed by atoms with Crippen molar-refractivity contribution < 1.29 is 5.11 Å². The van der Waals surface area contributed by atoms with E-state index >= 15 is 0 Å². The number of benzene rings is 1. The zero-order chi connectivity index (χ0) is 13.1. The highest BCUT2D eigenvalue weighted by atomic mass is 35.5. The summed E-state index contributed by atoms with van der Waals surface area (Å²) >= 11 is 5.88. The summed E-state index contributed by atoms with van der Waals surface area (Å²) in [6, 6.07) is 11.4. The Bertz CT molecular complexity index is 531. The molecule has 94 valence electrons. The zero-order valence-electron chi connectivity index (χ0n) is 10.0. The second kappa shape index (κ2) is 5.38. The number of nitrogen functional groups attached to an aromatic ring is 1. The maximum Gasteiger partial charge on any atom is 0.129 e. The molecule has 4 heteroatoms. The molecule has 1 aromatic heterocycles. The maximum absolute atomic E-state index is 10.4. The summed E-state index contributed by atoms with van der Waals surface area (Å²) < 4.78 is 0. The van der Waals surface area contributed by atoms with Gasteiger partial charge in [0, 0.05) is 17.7 Å². The van der Waals surface area contributed by atoms with Crippen LogP contribution in [-0.4, -0.2) is 10.1 Å². The van der Waals surface area contributed by atoms with Crippen LogP contribution in [0.1, 0.15) is 30.1 Å². The van der Waals surface area contributed by atoms with Gasteiger partial charge in [0.05, 0.1) is 11.1 Å². The minimum Gasteiger partial charge on any atom is -0.388 e. The minimum atomic E-state index is -0.724. The molecule has 0 saturated carbocycles. The number of hydrogen-bond acceptors (Lipinski definition) is 3. The average Bonchev–Trinajstić information content (AvgIpc) is 2.41. The normalized spacial score (nSPS) is 14.2. The van der Waals surface area contributed by atoms with Gasteiger partial charge in [-0.2, -0.15) is 0 Å². The fourth-order valence-electron chi connectivity index (χ4n) is 1.91. The minimum absolute atomic E-state index is 0.0752. The highest BCUT2D eigenvalue weighted by Gasteiger charge is 2.21. The van der Waals surface area contributed by atoms with Crippen LogP contribution in [0.2, 0.25) is 5.02 Å². The van der Waals surface area contributed by atoms with Crippen molar-refractivity contribution in [3.63, 3.8) is 0 Å². The summed E-state index contributed by atoms with van der Waals surface area (Å²) in [6.45, 7) is 1.94. The summed E-state index contributed by atoms with van der Waals surface area (Å²) in [5, 5.41) is 10.8. The van der Waals surface area contributed by atoms with E-state index in [2.05, 4.69) is 4.98 Å². The molecule has 3 N–H and O–H groups in total. The van der Waals surface area contributed by atoms with Gasteiger partial charge in [-0.25, -0.2) is 4.98 Å². The van der Waals surface area contributed by atoms with E-state index in [-0.39, 0.29) is 5.92 Å². The molecule has 0 aliphatic carbocycles. The van der Waals surface area contributed by atoms with Crippen LogP contribution in [0.4, 0.5) is 5.82 Å². The van der Waals surface area contributed by atoms with Crippen molar-refractivity contribution in [3.05, 3.63) is 58.7 Å². The van der Waals surface area contributed by atoms with Crippen molar-refractivity contribution in [1.82, 2.24) is 4.98 Å². The lowest BCUT2D eigenvalue weighted by atomic mass is 9.91. The lowest BCUT2D eigenvalue weighted by molar-refractivity contribution is 0.152. The largest absolute Gasteiger partial charge is 0.388 e. The van der Waals surface area contributed by atoms with Crippen LogP contribution in [0.3, 0.4) is 0 Å². The van der Waals surface area contributed by atoms with Gasteiger partial charge in [-0.15, -0.1) is 0 Å². The molecule has 0 aliphatic rings. The van der Waals surface area contributed by atoms with E-state index < -0.39 is 6.10 Å². The van der Waals surface area contributed by atoms with E-state index in [9.17, 15) is 5.11 Å². The second-order valence-corrected chi connectivity index (χ2v) is 4.71. The molecule has 0 saturated heterocycles. The molecule has 0 spiro atoms. The number of rotatable bonds is 3.